The van der Waals surface area contributed by atoms with Gasteiger partial charge in [-0.25, -0.2) is 0 Å². The monoisotopic (exact) mass is 323 g/mol. The van der Waals surface area contributed by atoms with Crippen LogP contribution in [-0.4, -0.2) is 73.7 Å². The molecule has 23 heavy (non-hydrogen) atoms. The van der Waals surface area contributed by atoms with Gasteiger partial charge >= 0.3 is 0 Å². The molecule has 7 heteroatoms. The maximum Gasteiger partial charge on any atom is 0.194 e. The highest BCUT2D eigenvalue weighted by Crippen LogP contribution is 2.26. The van der Waals surface area contributed by atoms with Crippen LogP contribution in [0, 0.1) is 0 Å². The van der Waals surface area contributed by atoms with E-state index in [1.165, 1.54) is 5.56 Å². The first-order chi connectivity index (χ1) is 11.2. The number of rotatable bonds is 8. The second kappa shape index (κ2) is 9.52. The molecule has 0 saturated carbocycles. The minimum Gasteiger partial charge on any atom is -0.382 e. The van der Waals surface area contributed by atoms with E-state index in [2.05, 4.69) is 33.4 Å². The molecule has 1 atom stereocenters. The van der Waals surface area contributed by atoms with Gasteiger partial charge in [0.25, 0.3) is 0 Å². The van der Waals surface area contributed by atoms with E-state index < -0.39 is 0 Å². The quantitative estimate of drug-likeness (QED) is 0.436. The lowest BCUT2D eigenvalue weighted by atomic mass is 10.0. The zero-order chi connectivity index (χ0) is 16.5. The summed E-state index contributed by atoms with van der Waals surface area (Å²) in [4.78, 5) is 7.00. The molecule has 2 rings (SSSR count). The number of hydrogen-bond donors (Lipinski definition) is 1. The number of aromatic nitrogens is 2. The van der Waals surface area contributed by atoms with Gasteiger partial charge in [0.1, 0.15) is 0 Å². The van der Waals surface area contributed by atoms with Gasteiger partial charge in [0.2, 0.25) is 0 Å². The molecule has 1 aliphatic heterocycles. The summed E-state index contributed by atoms with van der Waals surface area (Å²) in [6.45, 7) is 7.52. The largest absolute Gasteiger partial charge is 0.382 e. The fraction of sp³-hybridized carbons (Fsp3) is 0.750. The van der Waals surface area contributed by atoms with Crippen molar-refractivity contribution in [3.63, 3.8) is 0 Å². The van der Waals surface area contributed by atoms with Gasteiger partial charge in [-0.2, -0.15) is 5.10 Å². The SMILES string of the molecule is CCNC(=NCCOCCOC)N1CCC(c2cnn(C)c2)C1. The van der Waals surface area contributed by atoms with E-state index in [9.17, 15) is 0 Å². The van der Waals surface area contributed by atoms with E-state index in [1.54, 1.807) is 7.11 Å². The third-order valence-electron chi connectivity index (χ3n) is 3.95. The molecule has 1 aromatic rings. The summed E-state index contributed by atoms with van der Waals surface area (Å²) >= 11 is 0. The Labute approximate surface area is 138 Å². The Kier molecular flexibility index (Phi) is 7.35. The van der Waals surface area contributed by atoms with Crippen molar-refractivity contribution in [3.8, 4) is 0 Å². The molecule has 0 aliphatic carbocycles. The smallest absolute Gasteiger partial charge is 0.194 e. The molecule has 1 unspecified atom stereocenters. The maximum absolute atomic E-state index is 5.47. The summed E-state index contributed by atoms with van der Waals surface area (Å²) in [5.41, 5.74) is 1.31. The molecular formula is C16H29N5O2. The second-order valence-electron chi connectivity index (χ2n) is 5.72. The summed E-state index contributed by atoms with van der Waals surface area (Å²) in [5.74, 6) is 1.51. The Morgan fingerprint density at radius 2 is 2.30 bits per heavy atom. The molecular weight excluding hydrogens is 294 g/mol. The minimum atomic E-state index is 0.533. The average Bonchev–Trinajstić information content (AvgIpc) is 3.18. The number of aryl methyl sites for hydroxylation is 1. The Bertz CT molecular complexity index is 489. The highest BCUT2D eigenvalue weighted by molar-refractivity contribution is 5.80. The normalized spacial score (nSPS) is 18.7. The fourth-order valence-corrected chi connectivity index (χ4v) is 2.76. The van der Waals surface area contributed by atoms with Gasteiger partial charge in [0.05, 0.1) is 32.6 Å². The number of hydrogen-bond acceptors (Lipinski definition) is 4. The first kappa shape index (κ1) is 17.7. The number of guanidine groups is 1. The Morgan fingerprint density at radius 3 is 3.00 bits per heavy atom. The summed E-state index contributed by atoms with van der Waals surface area (Å²) < 4.78 is 12.3. The molecule has 0 amide bonds. The zero-order valence-electron chi connectivity index (χ0n) is 14.5. The lowest BCUT2D eigenvalue weighted by Gasteiger charge is -2.21. The van der Waals surface area contributed by atoms with Gasteiger partial charge in [-0.3, -0.25) is 9.67 Å². The second-order valence-corrected chi connectivity index (χ2v) is 5.72. The van der Waals surface area contributed by atoms with Gasteiger partial charge in [0.15, 0.2) is 5.96 Å². The number of aliphatic imine (C=N–C) groups is 1. The minimum absolute atomic E-state index is 0.533. The van der Waals surface area contributed by atoms with Crippen LogP contribution in [0.5, 0.6) is 0 Å². The maximum atomic E-state index is 5.47. The van der Waals surface area contributed by atoms with Gasteiger partial charge in [0, 0.05) is 45.9 Å². The molecule has 0 radical (unpaired) electrons. The van der Waals surface area contributed by atoms with Crippen LogP contribution in [0.15, 0.2) is 17.4 Å². The summed E-state index contributed by atoms with van der Waals surface area (Å²) in [6, 6.07) is 0. The first-order valence-electron chi connectivity index (χ1n) is 8.33. The Balaban J connectivity index is 1.83. The first-order valence-corrected chi connectivity index (χ1v) is 8.33. The molecule has 0 bridgehead atoms. The average molecular weight is 323 g/mol. The van der Waals surface area contributed by atoms with Crippen molar-refractivity contribution >= 4 is 5.96 Å². The fourth-order valence-electron chi connectivity index (χ4n) is 2.76. The van der Waals surface area contributed by atoms with Gasteiger partial charge < -0.3 is 19.7 Å². The van der Waals surface area contributed by atoms with E-state index in [1.807, 2.05) is 17.9 Å². The van der Waals surface area contributed by atoms with Gasteiger partial charge in [-0.15, -0.1) is 0 Å². The van der Waals surface area contributed by atoms with E-state index in [-0.39, 0.29) is 0 Å². The Hall–Kier alpha value is -1.60. The van der Waals surface area contributed by atoms with Crippen LogP contribution in [-0.2, 0) is 16.5 Å². The zero-order valence-corrected chi connectivity index (χ0v) is 14.5. The van der Waals surface area contributed by atoms with Gasteiger partial charge in [-0.1, -0.05) is 0 Å². The number of ether oxygens (including phenoxy) is 2. The van der Waals surface area contributed by atoms with Crippen molar-refractivity contribution in [2.45, 2.75) is 19.3 Å². The van der Waals surface area contributed by atoms with Crippen LogP contribution in [0.1, 0.15) is 24.8 Å². The van der Waals surface area contributed by atoms with Crippen molar-refractivity contribution in [1.29, 1.82) is 0 Å². The van der Waals surface area contributed by atoms with E-state index in [0.29, 0.717) is 32.3 Å². The third-order valence-corrected chi connectivity index (χ3v) is 3.95. The molecule has 0 spiro atoms. The molecule has 0 aromatic carbocycles. The van der Waals surface area contributed by atoms with Crippen molar-refractivity contribution < 1.29 is 9.47 Å². The van der Waals surface area contributed by atoms with Crippen molar-refractivity contribution in [2.24, 2.45) is 12.0 Å². The predicted octanol–water partition coefficient (Wildman–Crippen LogP) is 0.838. The lowest BCUT2D eigenvalue weighted by Crippen LogP contribution is -2.40. The molecule has 7 nitrogen and oxygen atoms in total. The molecule has 130 valence electrons. The Morgan fingerprint density at radius 1 is 1.43 bits per heavy atom. The molecule has 1 aromatic heterocycles. The van der Waals surface area contributed by atoms with Crippen LogP contribution in [0.2, 0.25) is 0 Å². The van der Waals surface area contributed by atoms with E-state index in [4.69, 9.17) is 9.47 Å². The number of nitrogens with zero attached hydrogens (tertiary/aromatic N) is 4. The van der Waals surface area contributed by atoms with Crippen molar-refractivity contribution in [1.82, 2.24) is 20.0 Å². The van der Waals surface area contributed by atoms with Crippen LogP contribution >= 0.6 is 0 Å². The topological polar surface area (TPSA) is 63.9 Å². The molecule has 1 N–H and O–H groups in total. The van der Waals surface area contributed by atoms with Crippen LogP contribution < -0.4 is 5.32 Å². The molecule has 1 saturated heterocycles. The highest BCUT2D eigenvalue weighted by Gasteiger charge is 2.26. The molecule has 1 aliphatic rings. The predicted molar refractivity (Wildman–Crippen MR) is 90.8 cm³/mol. The van der Waals surface area contributed by atoms with Gasteiger partial charge in [-0.05, 0) is 18.9 Å². The van der Waals surface area contributed by atoms with Crippen LogP contribution in [0.3, 0.4) is 0 Å². The van der Waals surface area contributed by atoms with E-state index in [0.717, 1.165) is 32.0 Å². The standard InChI is InChI=1S/C16H29N5O2/c1-4-17-16(18-6-8-23-10-9-22-3)21-7-5-14(13-21)15-11-19-20(2)12-15/h11-12,14H,4-10,13H2,1-3H3,(H,17,18). The van der Waals surface area contributed by atoms with Crippen LogP contribution in [0.25, 0.3) is 0 Å². The molecule has 2 heterocycles. The van der Waals surface area contributed by atoms with Crippen molar-refractivity contribution in [2.75, 3.05) is 53.1 Å². The van der Waals surface area contributed by atoms with Crippen LogP contribution in [0.4, 0.5) is 0 Å². The lowest BCUT2D eigenvalue weighted by molar-refractivity contribution is 0.0747. The number of likely N-dealkylation sites (tertiary alicyclic amines) is 1. The summed E-state index contributed by atoms with van der Waals surface area (Å²) in [5, 5.41) is 7.66. The van der Waals surface area contributed by atoms with Crippen molar-refractivity contribution in [3.05, 3.63) is 18.0 Å². The summed E-state index contributed by atoms with van der Waals surface area (Å²) in [6.07, 6.45) is 5.23. The third kappa shape index (κ3) is 5.51. The summed E-state index contributed by atoms with van der Waals surface area (Å²) in [7, 11) is 3.64. The highest BCUT2D eigenvalue weighted by atomic mass is 16.5. The number of nitrogens with one attached hydrogen (secondary N) is 1. The van der Waals surface area contributed by atoms with E-state index >= 15 is 0 Å². The molecule has 1 fully saturated rings. The number of methoxy groups -OCH3 is 1.